The fourth-order valence-electron chi connectivity index (χ4n) is 2.23. The van der Waals surface area contributed by atoms with Gasteiger partial charge in [0.2, 0.25) is 0 Å². The molecule has 0 radical (unpaired) electrons. The van der Waals surface area contributed by atoms with E-state index in [-0.39, 0.29) is 5.75 Å². The molecule has 0 spiro atoms. The quantitative estimate of drug-likeness (QED) is 0.725. The molecule has 0 amide bonds. The second-order valence-electron chi connectivity index (χ2n) is 4.98. The second-order valence-corrected chi connectivity index (χ2v) is 5.38. The van der Waals surface area contributed by atoms with Crippen LogP contribution in [0.4, 0.5) is 0 Å². The monoisotopic (exact) mass is 299 g/mol. The van der Waals surface area contributed by atoms with Gasteiger partial charge < -0.3 is 19.9 Å². The van der Waals surface area contributed by atoms with Crippen LogP contribution in [0.3, 0.4) is 0 Å². The zero-order valence-electron chi connectivity index (χ0n) is 11.6. The van der Waals surface area contributed by atoms with Crippen molar-refractivity contribution in [1.82, 2.24) is 5.32 Å². The first-order valence-electron chi connectivity index (χ1n) is 7.14. The molecule has 2 N–H and O–H groups in total. The van der Waals surface area contributed by atoms with Crippen LogP contribution >= 0.6 is 11.6 Å². The van der Waals surface area contributed by atoms with Crippen molar-refractivity contribution in [3.05, 3.63) is 28.8 Å². The Labute approximate surface area is 125 Å². The largest absolute Gasteiger partial charge is 0.508 e. The van der Waals surface area contributed by atoms with Crippen molar-refractivity contribution < 1.29 is 14.6 Å². The molecule has 1 unspecified atom stereocenters. The van der Waals surface area contributed by atoms with Gasteiger partial charge in [-0.2, -0.15) is 0 Å². The minimum atomic E-state index is 0.236. The molecule has 20 heavy (non-hydrogen) atoms. The van der Waals surface area contributed by atoms with Crippen LogP contribution in [-0.4, -0.2) is 37.6 Å². The van der Waals surface area contributed by atoms with Gasteiger partial charge in [0, 0.05) is 30.3 Å². The molecule has 1 aromatic carbocycles. The average molecular weight is 300 g/mol. The highest BCUT2D eigenvalue weighted by atomic mass is 35.5. The zero-order chi connectivity index (χ0) is 14.2. The summed E-state index contributed by atoms with van der Waals surface area (Å²) in [4.78, 5) is 0. The van der Waals surface area contributed by atoms with Gasteiger partial charge in [0.25, 0.3) is 0 Å². The third-order valence-corrected chi connectivity index (χ3v) is 3.72. The van der Waals surface area contributed by atoms with Crippen LogP contribution in [0.15, 0.2) is 18.2 Å². The molecule has 1 aliphatic rings. The first kappa shape index (κ1) is 15.6. The Kier molecular flexibility index (Phi) is 6.60. The zero-order valence-corrected chi connectivity index (χ0v) is 12.4. The Morgan fingerprint density at radius 3 is 3.10 bits per heavy atom. The highest BCUT2D eigenvalue weighted by Gasteiger charge is 2.14. The second kappa shape index (κ2) is 8.47. The minimum absolute atomic E-state index is 0.236. The van der Waals surface area contributed by atoms with Crippen LogP contribution in [0.2, 0.25) is 5.02 Å². The molecule has 1 aliphatic heterocycles. The number of phenolic OH excluding ortho intramolecular Hbond substituents is 1. The van der Waals surface area contributed by atoms with Crippen LogP contribution in [0.25, 0.3) is 0 Å². The van der Waals surface area contributed by atoms with Crippen LogP contribution in [0, 0.1) is 0 Å². The molecule has 0 bridgehead atoms. The highest BCUT2D eigenvalue weighted by molar-refractivity contribution is 6.31. The summed E-state index contributed by atoms with van der Waals surface area (Å²) in [6.07, 6.45) is 3.49. The summed E-state index contributed by atoms with van der Waals surface area (Å²) in [5.74, 6) is 0.236. The SMILES string of the molecule is Oc1cccc(Cl)c1CNCCCOCC1CCCO1. The van der Waals surface area contributed by atoms with E-state index in [1.54, 1.807) is 18.2 Å². The van der Waals surface area contributed by atoms with Crippen LogP contribution in [0.5, 0.6) is 5.75 Å². The van der Waals surface area contributed by atoms with Crippen molar-refractivity contribution in [1.29, 1.82) is 0 Å². The molecule has 112 valence electrons. The van der Waals surface area contributed by atoms with E-state index in [0.717, 1.165) is 44.6 Å². The van der Waals surface area contributed by atoms with E-state index in [9.17, 15) is 5.11 Å². The smallest absolute Gasteiger partial charge is 0.121 e. The molecule has 5 heteroatoms. The van der Waals surface area contributed by atoms with E-state index in [4.69, 9.17) is 21.1 Å². The van der Waals surface area contributed by atoms with Crippen LogP contribution in [0.1, 0.15) is 24.8 Å². The van der Waals surface area contributed by atoms with E-state index in [0.29, 0.717) is 24.3 Å². The Balaban J connectivity index is 1.53. The molecular weight excluding hydrogens is 278 g/mol. The normalized spacial score (nSPS) is 18.6. The van der Waals surface area contributed by atoms with Crippen molar-refractivity contribution in [2.24, 2.45) is 0 Å². The summed E-state index contributed by atoms with van der Waals surface area (Å²) >= 11 is 6.03. The summed E-state index contributed by atoms with van der Waals surface area (Å²) in [6.45, 7) is 3.69. The van der Waals surface area contributed by atoms with Crippen molar-refractivity contribution in [2.45, 2.75) is 31.9 Å². The summed E-state index contributed by atoms with van der Waals surface area (Å²) in [7, 11) is 0. The van der Waals surface area contributed by atoms with Crippen LogP contribution in [-0.2, 0) is 16.0 Å². The number of aromatic hydroxyl groups is 1. The number of benzene rings is 1. The molecule has 2 rings (SSSR count). The number of nitrogens with one attached hydrogen (secondary N) is 1. The molecule has 0 aliphatic carbocycles. The maximum Gasteiger partial charge on any atom is 0.121 e. The van der Waals surface area contributed by atoms with E-state index in [1.807, 2.05) is 0 Å². The van der Waals surface area contributed by atoms with E-state index >= 15 is 0 Å². The lowest BCUT2D eigenvalue weighted by Crippen LogP contribution is -2.19. The van der Waals surface area contributed by atoms with Crippen molar-refractivity contribution in [3.8, 4) is 5.75 Å². The molecule has 1 saturated heterocycles. The predicted molar refractivity (Wildman–Crippen MR) is 79.2 cm³/mol. The first-order valence-corrected chi connectivity index (χ1v) is 7.51. The van der Waals surface area contributed by atoms with E-state index in [1.165, 1.54) is 0 Å². The minimum Gasteiger partial charge on any atom is -0.508 e. The van der Waals surface area contributed by atoms with Gasteiger partial charge >= 0.3 is 0 Å². The molecule has 1 atom stereocenters. The summed E-state index contributed by atoms with van der Waals surface area (Å²) < 4.78 is 11.1. The standard InChI is InChI=1S/C15H22ClNO3/c16-14-5-1-6-15(18)13(14)10-17-7-3-8-19-11-12-4-2-9-20-12/h1,5-6,12,17-18H,2-4,7-11H2. The van der Waals surface area contributed by atoms with Gasteiger partial charge in [-0.3, -0.25) is 0 Å². The van der Waals surface area contributed by atoms with Gasteiger partial charge in [0.05, 0.1) is 12.7 Å². The van der Waals surface area contributed by atoms with Gasteiger partial charge in [-0.15, -0.1) is 0 Å². The lowest BCUT2D eigenvalue weighted by atomic mass is 10.2. The lowest BCUT2D eigenvalue weighted by molar-refractivity contribution is 0.0166. The van der Waals surface area contributed by atoms with Crippen molar-refractivity contribution in [2.75, 3.05) is 26.4 Å². The van der Waals surface area contributed by atoms with E-state index in [2.05, 4.69) is 5.32 Å². The third kappa shape index (κ3) is 4.94. The van der Waals surface area contributed by atoms with Gasteiger partial charge in [0.1, 0.15) is 5.75 Å². The Morgan fingerprint density at radius 1 is 1.45 bits per heavy atom. The van der Waals surface area contributed by atoms with Gasteiger partial charge in [-0.1, -0.05) is 17.7 Å². The average Bonchev–Trinajstić information content (AvgIpc) is 2.93. The van der Waals surface area contributed by atoms with Crippen molar-refractivity contribution >= 4 is 11.6 Å². The third-order valence-electron chi connectivity index (χ3n) is 3.37. The van der Waals surface area contributed by atoms with Gasteiger partial charge in [0.15, 0.2) is 0 Å². The van der Waals surface area contributed by atoms with Gasteiger partial charge in [-0.25, -0.2) is 0 Å². The number of ether oxygens (including phenoxy) is 2. The number of halogens is 1. The summed E-state index contributed by atoms with van der Waals surface area (Å²) in [5, 5.41) is 13.5. The molecule has 1 aromatic rings. The number of hydrogen-bond acceptors (Lipinski definition) is 4. The van der Waals surface area contributed by atoms with Gasteiger partial charge in [-0.05, 0) is 37.9 Å². The predicted octanol–water partition coefficient (Wildman–Crippen LogP) is 2.72. The Bertz CT molecular complexity index is 388. The summed E-state index contributed by atoms with van der Waals surface area (Å²) in [5.41, 5.74) is 0.745. The molecule has 4 nitrogen and oxygen atoms in total. The molecule has 0 aromatic heterocycles. The summed E-state index contributed by atoms with van der Waals surface area (Å²) in [6, 6.07) is 5.16. The number of phenols is 1. The lowest BCUT2D eigenvalue weighted by Gasteiger charge is -2.11. The van der Waals surface area contributed by atoms with Crippen molar-refractivity contribution in [3.63, 3.8) is 0 Å². The number of rotatable bonds is 8. The van der Waals surface area contributed by atoms with E-state index < -0.39 is 0 Å². The Hall–Kier alpha value is -0.810. The fraction of sp³-hybridized carbons (Fsp3) is 0.600. The van der Waals surface area contributed by atoms with Crippen LogP contribution < -0.4 is 5.32 Å². The Morgan fingerprint density at radius 2 is 2.35 bits per heavy atom. The first-order chi connectivity index (χ1) is 9.77. The maximum absolute atomic E-state index is 9.69. The topological polar surface area (TPSA) is 50.7 Å². The molecule has 0 saturated carbocycles. The number of hydrogen-bond donors (Lipinski definition) is 2. The highest BCUT2D eigenvalue weighted by Crippen LogP contribution is 2.24. The molecule has 1 fully saturated rings. The molecule has 1 heterocycles. The fourth-order valence-corrected chi connectivity index (χ4v) is 2.46. The maximum atomic E-state index is 9.69. The molecular formula is C15H22ClNO3.